The van der Waals surface area contributed by atoms with Crippen LogP contribution in [0.1, 0.15) is 56.6 Å². The molecule has 0 atom stereocenters. The van der Waals surface area contributed by atoms with Crippen molar-refractivity contribution in [2.75, 3.05) is 39.9 Å². The predicted octanol–water partition coefficient (Wildman–Crippen LogP) is 0.953. The zero-order valence-electron chi connectivity index (χ0n) is 22.0. The number of nitrogens with one attached hydrogen (secondary N) is 5. The predicted molar refractivity (Wildman–Crippen MR) is 140 cm³/mol. The van der Waals surface area contributed by atoms with E-state index in [1.165, 1.54) is 0 Å². The second kappa shape index (κ2) is 19.7. The van der Waals surface area contributed by atoms with Gasteiger partial charge in [-0.15, -0.1) is 0 Å². The minimum Gasteiger partial charge on any atom is -0.372 e. The summed E-state index contributed by atoms with van der Waals surface area (Å²) in [7, 11) is 1.55. The monoisotopic (exact) mass is 519 g/mol. The normalized spacial score (nSPS) is 10.3. The molecule has 0 bridgehead atoms. The Bertz CT molecular complexity index is 860. The van der Waals surface area contributed by atoms with Crippen LogP contribution in [0.3, 0.4) is 0 Å². The number of rotatable bonds is 19. The smallest absolute Gasteiger partial charge is 0.314 e. The fourth-order valence-corrected chi connectivity index (χ4v) is 3.20. The van der Waals surface area contributed by atoms with E-state index in [0.29, 0.717) is 45.6 Å². The lowest BCUT2D eigenvalue weighted by atomic mass is 10.1. The molecule has 0 aliphatic rings. The van der Waals surface area contributed by atoms with E-state index in [1.54, 1.807) is 14.0 Å². The Labute approximate surface area is 218 Å². The second-order valence-corrected chi connectivity index (χ2v) is 8.64. The van der Waals surface area contributed by atoms with Crippen molar-refractivity contribution in [3.8, 4) is 0 Å². The third-order valence-corrected chi connectivity index (χ3v) is 5.31. The van der Waals surface area contributed by atoms with Gasteiger partial charge in [0.2, 0.25) is 17.7 Å². The highest BCUT2D eigenvalue weighted by Crippen LogP contribution is 2.05. The molecule has 0 aliphatic heterocycles. The quantitative estimate of drug-likeness (QED) is 0.172. The van der Waals surface area contributed by atoms with Crippen molar-refractivity contribution in [3.63, 3.8) is 0 Å². The first-order valence-electron chi connectivity index (χ1n) is 12.7. The highest BCUT2D eigenvalue weighted by molar-refractivity contribution is 5.80. The molecule has 0 aromatic heterocycles. The maximum absolute atomic E-state index is 12.0. The largest absolute Gasteiger partial charge is 0.372 e. The molecule has 11 heteroatoms. The van der Waals surface area contributed by atoms with Crippen molar-refractivity contribution in [1.82, 2.24) is 26.6 Å². The molecule has 37 heavy (non-hydrogen) atoms. The molecule has 206 valence electrons. The van der Waals surface area contributed by atoms with Gasteiger partial charge in [0.15, 0.2) is 0 Å². The first-order chi connectivity index (χ1) is 17.8. The number of hydrogen-bond donors (Lipinski definition) is 5. The van der Waals surface area contributed by atoms with Gasteiger partial charge in [-0.3, -0.25) is 14.4 Å². The minimum absolute atomic E-state index is 0.0687. The van der Waals surface area contributed by atoms with E-state index in [1.807, 2.05) is 24.3 Å². The van der Waals surface area contributed by atoms with E-state index < -0.39 is 0 Å². The highest BCUT2D eigenvalue weighted by Gasteiger charge is 2.06. The van der Waals surface area contributed by atoms with Gasteiger partial charge in [-0.2, -0.15) is 0 Å². The average molecular weight is 520 g/mol. The number of ketones is 1. The Morgan fingerprint density at radius 1 is 0.703 bits per heavy atom. The zero-order valence-corrected chi connectivity index (χ0v) is 22.0. The van der Waals surface area contributed by atoms with Crippen LogP contribution in [-0.4, -0.2) is 69.4 Å². The number of ether oxygens (including phenoxy) is 1. The van der Waals surface area contributed by atoms with Crippen molar-refractivity contribution in [3.05, 3.63) is 35.4 Å². The third kappa shape index (κ3) is 17.6. The van der Waals surface area contributed by atoms with E-state index in [2.05, 4.69) is 26.6 Å². The van der Waals surface area contributed by atoms with Crippen LogP contribution < -0.4 is 26.6 Å². The van der Waals surface area contributed by atoms with E-state index in [-0.39, 0.29) is 49.0 Å². The maximum atomic E-state index is 12.0. The lowest BCUT2D eigenvalue weighted by molar-refractivity contribution is -0.126. The number of urea groups is 1. The van der Waals surface area contributed by atoms with Crippen molar-refractivity contribution < 1.29 is 28.7 Å². The number of unbranched alkanes of at least 4 members (excludes halogenated alkanes) is 2. The summed E-state index contributed by atoms with van der Waals surface area (Å²) >= 11 is 0. The summed E-state index contributed by atoms with van der Waals surface area (Å²) in [6, 6.07) is 7.10. The molecule has 0 spiro atoms. The van der Waals surface area contributed by atoms with Gasteiger partial charge in [-0.25, -0.2) is 4.79 Å². The summed E-state index contributed by atoms with van der Waals surface area (Å²) < 4.78 is 5.35. The fourth-order valence-electron chi connectivity index (χ4n) is 3.20. The SMILES string of the molecule is CNC(=O)CCNC(=O)Cc1ccc(CNC(=O)COCCCNC(=O)NCCCCCC(C)=O)cc1. The lowest BCUT2D eigenvalue weighted by Crippen LogP contribution is -2.36. The maximum Gasteiger partial charge on any atom is 0.314 e. The Morgan fingerprint density at radius 3 is 2.05 bits per heavy atom. The molecule has 0 unspecified atom stereocenters. The van der Waals surface area contributed by atoms with Crippen LogP contribution in [0.15, 0.2) is 24.3 Å². The van der Waals surface area contributed by atoms with Gasteiger partial charge in [0, 0.05) is 52.7 Å². The van der Waals surface area contributed by atoms with E-state index in [4.69, 9.17) is 4.74 Å². The topological polar surface area (TPSA) is 155 Å². The number of amides is 5. The van der Waals surface area contributed by atoms with Gasteiger partial charge in [-0.05, 0) is 37.3 Å². The Hall–Kier alpha value is -3.47. The van der Waals surface area contributed by atoms with Gasteiger partial charge in [0.1, 0.15) is 12.4 Å². The van der Waals surface area contributed by atoms with Crippen molar-refractivity contribution >= 4 is 29.5 Å². The molecular formula is C26H41N5O6. The molecular weight excluding hydrogens is 478 g/mol. The lowest BCUT2D eigenvalue weighted by Gasteiger charge is -2.09. The number of Topliss-reactive ketones (excluding diaryl/α,β-unsaturated/α-hetero) is 1. The van der Waals surface area contributed by atoms with E-state index in [9.17, 15) is 24.0 Å². The van der Waals surface area contributed by atoms with Gasteiger partial charge in [0.25, 0.3) is 0 Å². The Balaban J connectivity index is 2.06. The van der Waals surface area contributed by atoms with E-state index >= 15 is 0 Å². The number of hydrogen-bond acceptors (Lipinski definition) is 6. The molecule has 0 saturated carbocycles. The van der Waals surface area contributed by atoms with Crippen LogP contribution in [-0.2, 0) is 36.9 Å². The van der Waals surface area contributed by atoms with Gasteiger partial charge in [0.05, 0.1) is 6.42 Å². The molecule has 0 heterocycles. The molecule has 11 nitrogen and oxygen atoms in total. The standard InChI is InChI=1S/C26H41N5O6/c1-20(32)7-4-3-5-13-29-26(36)30-14-6-16-37-19-25(35)31-18-22-10-8-21(9-11-22)17-24(34)28-15-12-23(33)27-2/h8-11H,3-7,12-19H2,1-2H3,(H,27,33)(H,28,34)(H,31,35)(H2,29,30,36). The summed E-state index contributed by atoms with van der Waals surface area (Å²) in [6.45, 7) is 3.50. The summed E-state index contributed by atoms with van der Waals surface area (Å²) in [5.41, 5.74) is 1.73. The molecule has 5 N–H and O–H groups in total. The summed E-state index contributed by atoms with van der Waals surface area (Å²) in [4.78, 5) is 57.6. The molecule has 5 amide bonds. The molecule has 0 saturated heterocycles. The highest BCUT2D eigenvalue weighted by atomic mass is 16.5. The summed E-state index contributed by atoms with van der Waals surface area (Å²) in [5.74, 6) is -0.335. The van der Waals surface area contributed by atoms with Crippen molar-refractivity contribution in [1.29, 1.82) is 0 Å². The van der Waals surface area contributed by atoms with Crippen LogP contribution in [0.2, 0.25) is 0 Å². The molecule has 0 radical (unpaired) electrons. The molecule has 1 rings (SSSR count). The fraction of sp³-hybridized carbons (Fsp3) is 0.577. The summed E-state index contributed by atoms with van der Waals surface area (Å²) in [6.07, 6.45) is 4.21. The van der Waals surface area contributed by atoms with Crippen LogP contribution in [0.25, 0.3) is 0 Å². The third-order valence-electron chi connectivity index (χ3n) is 5.31. The van der Waals surface area contributed by atoms with Crippen molar-refractivity contribution in [2.45, 2.75) is 58.4 Å². The second-order valence-electron chi connectivity index (χ2n) is 8.64. The van der Waals surface area contributed by atoms with Crippen LogP contribution in [0.4, 0.5) is 4.79 Å². The van der Waals surface area contributed by atoms with Gasteiger partial charge in [-0.1, -0.05) is 30.7 Å². The molecule has 0 aliphatic carbocycles. The number of carbonyl (C=O) groups excluding carboxylic acids is 5. The first kappa shape index (κ1) is 31.6. The first-order valence-corrected chi connectivity index (χ1v) is 12.7. The van der Waals surface area contributed by atoms with Crippen LogP contribution in [0.5, 0.6) is 0 Å². The molecule has 0 fully saturated rings. The average Bonchev–Trinajstić information content (AvgIpc) is 2.87. The molecule has 1 aromatic rings. The minimum atomic E-state index is -0.241. The number of carbonyl (C=O) groups is 5. The number of benzene rings is 1. The Morgan fingerprint density at radius 2 is 1.38 bits per heavy atom. The van der Waals surface area contributed by atoms with Gasteiger partial charge >= 0.3 is 6.03 Å². The summed E-state index contributed by atoms with van der Waals surface area (Å²) in [5, 5.41) is 13.5. The van der Waals surface area contributed by atoms with Crippen molar-refractivity contribution in [2.24, 2.45) is 0 Å². The Kier molecular flexibility index (Phi) is 16.8. The van der Waals surface area contributed by atoms with Gasteiger partial charge < -0.3 is 36.1 Å². The molecule has 1 aromatic carbocycles. The van der Waals surface area contributed by atoms with Crippen LogP contribution >= 0.6 is 0 Å². The van der Waals surface area contributed by atoms with E-state index in [0.717, 1.165) is 30.4 Å². The zero-order chi connectivity index (χ0) is 27.3. The van der Waals surface area contributed by atoms with Crippen LogP contribution in [0, 0.1) is 0 Å².